The summed E-state index contributed by atoms with van der Waals surface area (Å²) in [6.07, 6.45) is -0.687. The lowest BCUT2D eigenvalue weighted by molar-refractivity contribution is 0.0845. The zero-order valence-electron chi connectivity index (χ0n) is 21.5. The Morgan fingerprint density at radius 3 is 2.29 bits per heavy atom. The summed E-state index contributed by atoms with van der Waals surface area (Å²) in [7, 11) is 1.38. The summed E-state index contributed by atoms with van der Waals surface area (Å²) in [5.74, 6) is -0.661. The molecule has 0 aliphatic carbocycles. The highest BCUT2D eigenvalue weighted by molar-refractivity contribution is 6.02. The maximum absolute atomic E-state index is 13.0. The van der Waals surface area contributed by atoms with Crippen molar-refractivity contribution in [3.05, 3.63) is 94.1 Å². The lowest BCUT2D eigenvalue weighted by Gasteiger charge is -2.26. The van der Waals surface area contributed by atoms with Crippen LogP contribution in [0.5, 0.6) is 46.0 Å². The fraction of sp³-hybridized carbons (Fsp3) is 0.0968. The van der Waals surface area contributed by atoms with Gasteiger partial charge in [0, 0.05) is 29.8 Å². The van der Waals surface area contributed by atoms with E-state index in [1.807, 2.05) is 0 Å². The van der Waals surface area contributed by atoms with Crippen molar-refractivity contribution in [3.63, 3.8) is 0 Å². The molecule has 0 unspecified atom stereocenters. The molecule has 6 rings (SSSR count). The SMILES string of the molecule is COc1cc2oc(-c3ccc(O)cc3)cc(=O)c2c(O)c1Oc1ccc([C@@H]2CC(=O)c3c(O)cc(O)cc3O2)cc1. The van der Waals surface area contributed by atoms with Gasteiger partial charge in [-0.3, -0.25) is 9.59 Å². The Hall–Kier alpha value is -5.64. The molecule has 10 heteroatoms. The molecule has 206 valence electrons. The number of ketones is 1. The summed E-state index contributed by atoms with van der Waals surface area (Å²) in [4.78, 5) is 25.6. The van der Waals surface area contributed by atoms with Gasteiger partial charge < -0.3 is 39.1 Å². The van der Waals surface area contributed by atoms with E-state index in [0.29, 0.717) is 16.9 Å². The minimum Gasteiger partial charge on any atom is -0.508 e. The third-order valence-electron chi connectivity index (χ3n) is 6.74. The van der Waals surface area contributed by atoms with E-state index < -0.39 is 17.3 Å². The van der Waals surface area contributed by atoms with Gasteiger partial charge in [-0.1, -0.05) is 12.1 Å². The van der Waals surface area contributed by atoms with Crippen molar-refractivity contribution in [1.29, 1.82) is 0 Å². The first kappa shape index (κ1) is 25.6. The number of methoxy groups -OCH3 is 1. The molecule has 1 atom stereocenters. The third-order valence-corrected chi connectivity index (χ3v) is 6.74. The molecule has 0 saturated carbocycles. The second kappa shape index (κ2) is 9.83. The summed E-state index contributed by atoms with van der Waals surface area (Å²) in [6, 6.07) is 17.7. The molecule has 2 heterocycles. The average Bonchev–Trinajstić information content (AvgIpc) is 2.94. The lowest BCUT2D eigenvalue weighted by Crippen LogP contribution is -2.20. The zero-order valence-corrected chi connectivity index (χ0v) is 21.5. The maximum Gasteiger partial charge on any atom is 0.211 e. The van der Waals surface area contributed by atoms with Crippen LogP contribution in [0.4, 0.5) is 0 Å². The molecule has 0 fully saturated rings. The summed E-state index contributed by atoms with van der Waals surface area (Å²) >= 11 is 0. The number of phenols is 4. The first-order chi connectivity index (χ1) is 19.7. The van der Waals surface area contributed by atoms with Gasteiger partial charge in [0.1, 0.15) is 57.1 Å². The van der Waals surface area contributed by atoms with Crippen molar-refractivity contribution in [2.45, 2.75) is 12.5 Å². The number of hydrogen-bond acceptors (Lipinski definition) is 10. The van der Waals surface area contributed by atoms with Gasteiger partial charge in [0.25, 0.3) is 0 Å². The van der Waals surface area contributed by atoms with Crippen LogP contribution in [0.15, 0.2) is 82.0 Å². The second-order valence-corrected chi connectivity index (χ2v) is 9.39. The van der Waals surface area contributed by atoms with Gasteiger partial charge in [0.15, 0.2) is 22.7 Å². The van der Waals surface area contributed by atoms with Gasteiger partial charge in [-0.2, -0.15) is 0 Å². The van der Waals surface area contributed by atoms with Gasteiger partial charge >= 0.3 is 0 Å². The largest absolute Gasteiger partial charge is 0.508 e. The number of fused-ring (bicyclic) bond motifs is 2. The van der Waals surface area contributed by atoms with Crippen molar-refractivity contribution >= 4 is 16.8 Å². The first-order valence-electron chi connectivity index (χ1n) is 12.4. The Balaban J connectivity index is 1.30. The molecule has 0 saturated heterocycles. The molecule has 1 aromatic heterocycles. The molecule has 41 heavy (non-hydrogen) atoms. The Morgan fingerprint density at radius 1 is 0.854 bits per heavy atom. The summed E-state index contributed by atoms with van der Waals surface area (Å²) in [5, 5.41) is 40.3. The minimum absolute atomic E-state index is 0.0211. The van der Waals surface area contributed by atoms with Crippen LogP contribution in [-0.4, -0.2) is 33.3 Å². The molecule has 0 bridgehead atoms. The normalized spacial score (nSPS) is 14.4. The molecular formula is C31H22O10. The molecule has 10 nitrogen and oxygen atoms in total. The van der Waals surface area contributed by atoms with Crippen LogP contribution >= 0.6 is 0 Å². The third kappa shape index (κ3) is 4.61. The van der Waals surface area contributed by atoms with Gasteiger partial charge in [-0.15, -0.1) is 0 Å². The standard InChI is InChI=1S/C31H22O10/c1-38-27-14-26-29(22(36)13-24(41-26)15-2-6-17(32)7-3-15)30(37)31(27)39-19-8-4-16(5-9-19)23-12-21(35)28-20(34)10-18(33)11-25(28)40-23/h2-11,13-14,23,32-34,37H,12H2,1H3/t23-/m0/s1. The van der Waals surface area contributed by atoms with Crippen molar-refractivity contribution in [2.24, 2.45) is 0 Å². The fourth-order valence-electron chi connectivity index (χ4n) is 4.76. The predicted octanol–water partition coefficient (Wildman–Crippen LogP) is 5.79. The van der Waals surface area contributed by atoms with E-state index in [1.165, 1.54) is 37.4 Å². The smallest absolute Gasteiger partial charge is 0.211 e. The number of aromatic hydroxyl groups is 4. The number of hydrogen-bond donors (Lipinski definition) is 4. The molecule has 0 amide bonds. The van der Waals surface area contributed by atoms with Crippen LogP contribution in [0.1, 0.15) is 28.4 Å². The van der Waals surface area contributed by atoms with Crippen molar-refractivity contribution in [2.75, 3.05) is 7.11 Å². The lowest BCUT2D eigenvalue weighted by atomic mass is 9.95. The summed E-state index contributed by atoms with van der Waals surface area (Å²) < 4.78 is 23.1. The van der Waals surface area contributed by atoms with E-state index in [4.69, 9.17) is 18.6 Å². The highest BCUT2D eigenvalue weighted by Gasteiger charge is 2.31. The first-order valence-corrected chi connectivity index (χ1v) is 12.4. The molecule has 1 aliphatic heterocycles. The van der Waals surface area contributed by atoms with Crippen LogP contribution in [0.3, 0.4) is 0 Å². The maximum atomic E-state index is 13.0. The number of ether oxygens (including phenoxy) is 3. The van der Waals surface area contributed by atoms with Crippen LogP contribution < -0.4 is 19.6 Å². The van der Waals surface area contributed by atoms with E-state index >= 15 is 0 Å². The van der Waals surface area contributed by atoms with E-state index in [1.54, 1.807) is 36.4 Å². The highest BCUT2D eigenvalue weighted by atomic mass is 16.5. The Morgan fingerprint density at radius 2 is 1.59 bits per heavy atom. The van der Waals surface area contributed by atoms with Gasteiger partial charge in [-0.25, -0.2) is 0 Å². The van der Waals surface area contributed by atoms with Crippen molar-refractivity contribution in [1.82, 2.24) is 0 Å². The summed E-state index contributed by atoms with van der Waals surface area (Å²) in [6.45, 7) is 0. The van der Waals surface area contributed by atoms with Crippen LogP contribution in [-0.2, 0) is 0 Å². The molecular weight excluding hydrogens is 532 g/mol. The monoisotopic (exact) mass is 554 g/mol. The number of rotatable bonds is 5. The van der Waals surface area contributed by atoms with Crippen molar-refractivity contribution in [3.8, 4) is 57.3 Å². The van der Waals surface area contributed by atoms with Crippen molar-refractivity contribution < 1.29 is 43.8 Å². The highest BCUT2D eigenvalue weighted by Crippen LogP contribution is 2.45. The number of carbonyl (C=O) groups excluding carboxylic acids is 1. The van der Waals surface area contributed by atoms with Crippen LogP contribution in [0, 0.1) is 0 Å². The van der Waals surface area contributed by atoms with Crippen LogP contribution in [0.2, 0.25) is 0 Å². The molecule has 4 aromatic carbocycles. The quantitative estimate of drug-likeness (QED) is 0.210. The number of phenolic OH excluding ortho intramolecular Hbond substituents is 4. The Kier molecular flexibility index (Phi) is 6.15. The topological polar surface area (TPSA) is 156 Å². The van der Waals surface area contributed by atoms with Gasteiger partial charge in [-0.05, 0) is 42.0 Å². The van der Waals surface area contributed by atoms with E-state index in [2.05, 4.69) is 0 Å². The van der Waals surface area contributed by atoms with E-state index in [-0.39, 0.29) is 69.0 Å². The van der Waals surface area contributed by atoms with Crippen LogP contribution in [0.25, 0.3) is 22.3 Å². The second-order valence-electron chi connectivity index (χ2n) is 9.39. The number of benzene rings is 4. The average molecular weight is 555 g/mol. The van der Waals surface area contributed by atoms with E-state index in [0.717, 1.165) is 6.07 Å². The summed E-state index contributed by atoms with van der Waals surface area (Å²) in [5.41, 5.74) is 0.787. The molecule has 0 spiro atoms. The molecule has 1 aliphatic rings. The number of Topliss-reactive ketones (excluding diaryl/α,β-unsaturated/α-hetero) is 1. The Bertz CT molecular complexity index is 1870. The zero-order chi connectivity index (χ0) is 28.8. The van der Waals surface area contributed by atoms with Gasteiger partial charge in [0.2, 0.25) is 5.75 Å². The minimum atomic E-state index is -0.665. The predicted molar refractivity (Wildman–Crippen MR) is 146 cm³/mol. The van der Waals surface area contributed by atoms with Gasteiger partial charge in [0.05, 0.1) is 13.5 Å². The molecule has 4 N–H and O–H groups in total. The Labute approximate surface area is 231 Å². The molecule has 5 aromatic rings. The number of carbonyl (C=O) groups is 1. The fourth-order valence-corrected chi connectivity index (χ4v) is 4.76. The van der Waals surface area contributed by atoms with E-state index in [9.17, 15) is 30.0 Å². The molecule has 0 radical (unpaired) electrons.